The van der Waals surface area contributed by atoms with E-state index in [2.05, 4.69) is 31.0 Å². The van der Waals surface area contributed by atoms with Crippen molar-refractivity contribution in [3.05, 3.63) is 54.2 Å². The van der Waals surface area contributed by atoms with Crippen LogP contribution >= 0.6 is 0 Å². The molecule has 0 amide bonds. The van der Waals surface area contributed by atoms with Crippen LogP contribution in [0.25, 0.3) is 0 Å². The van der Waals surface area contributed by atoms with Gasteiger partial charge >= 0.3 is 0 Å². The van der Waals surface area contributed by atoms with E-state index in [1.807, 2.05) is 30.3 Å². The molecule has 2 aromatic rings. The van der Waals surface area contributed by atoms with E-state index in [0.717, 1.165) is 5.75 Å². The largest absolute Gasteiger partial charge is 0.439 e. The first-order valence-corrected chi connectivity index (χ1v) is 5.44. The molecule has 0 fully saturated rings. The Bertz CT molecular complexity index is 451. The van der Waals surface area contributed by atoms with Crippen LogP contribution in [0.1, 0.15) is 25.3 Å². The molecule has 0 bridgehead atoms. The van der Waals surface area contributed by atoms with Crippen molar-refractivity contribution in [2.24, 2.45) is 0 Å². The van der Waals surface area contributed by atoms with E-state index < -0.39 is 0 Å². The number of hydrogen-bond acceptors (Lipinski definition) is 2. The lowest BCUT2D eigenvalue weighted by Crippen LogP contribution is -1.90. The molecule has 0 aliphatic heterocycles. The molecule has 82 valence electrons. The van der Waals surface area contributed by atoms with Gasteiger partial charge in [0.1, 0.15) is 5.75 Å². The Balaban J connectivity index is 2.19. The molecule has 0 atom stereocenters. The molecule has 16 heavy (non-hydrogen) atoms. The number of rotatable bonds is 3. The average Bonchev–Trinajstić information content (AvgIpc) is 2.30. The number of aromatic nitrogens is 1. The summed E-state index contributed by atoms with van der Waals surface area (Å²) in [6.45, 7) is 4.33. The van der Waals surface area contributed by atoms with Crippen molar-refractivity contribution in [3.63, 3.8) is 0 Å². The molecule has 2 heteroatoms. The molecule has 0 aliphatic rings. The molecule has 0 N–H and O–H groups in total. The van der Waals surface area contributed by atoms with Crippen LogP contribution in [0.3, 0.4) is 0 Å². The van der Waals surface area contributed by atoms with Crippen LogP contribution in [0.15, 0.2) is 48.7 Å². The summed E-state index contributed by atoms with van der Waals surface area (Å²) in [7, 11) is 0. The summed E-state index contributed by atoms with van der Waals surface area (Å²) < 4.78 is 5.66. The monoisotopic (exact) mass is 213 g/mol. The van der Waals surface area contributed by atoms with E-state index in [0.29, 0.717) is 11.8 Å². The van der Waals surface area contributed by atoms with Gasteiger partial charge in [-0.2, -0.15) is 0 Å². The van der Waals surface area contributed by atoms with Gasteiger partial charge in [-0.25, -0.2) is 4.98 Å². The minimum absolute atomic E-state index is 0.507. The van der Waals surface area contributed by atoms with Gasteiger partial charge in [0.25, 0.3) is 0 Å². The third-order valence-electron chi connectivity index (χ3n) is 2.38. The van der Waals surface area contributed by atoms with Crippen molar-refractivity contribution >= 4 is 0 Å². The van der Waals surface area contributed by atoms with Crippen molar-refractivity contribution in [1.29, 1.82) is 0 Å². The molecule has 1 aromatic carbocycles. The molecule has 0 saturated heterocycles. The number of nitrogens with zero attached hydrogens (tertiary/aromatic N) is 1. The molecule has 2 nitrogen and oxygen atoms in total. The van der Waals surface area contributed by atoms with Gasteiger partial charge in [0, 0.05) is 12.3 Å². The molecule has 0 radical (unpaired) electrons. The zero-order valence-electron chi connectivity index (χ0n) is 9.55. The fourth-order valence-corrected chi connectivity index (χ4v) is 1.47. The third kappa shape index (κ3) is 2.60. The van der Waals surface area contributed by atoms with Crippen LogP contribution in [-0.2, 0) is 0 Å². The van der Waals surface area contributed by atoms with E-state index in [-0.39, 0.29) is 0 Å². The first-order chi connectivity index (χ1) is 7.75. The van der Waals surface area contributed by atoms with E-state index in [1.54, 1.807) is 6.20 Å². The van der Waals surface area contributed by atoms with Gasteiger partial charge in [0.2, 0.25) is 5.88 Å². The fraction of sp³-hybridized carbons (Fsp3) is 0.214. The maximum absolute atomic E-state index is 5.66. The topological polar surface area (TPSA) is 22.1 Å². The number of hydrogen-bond donors (Lipinski definition) is 0. The van der Waals surface area contributed by atoms with Crippen molar-refractivity contribution < 1.29 is 4.74 Å². The molecule has 0 unspecified atom stereocenters. The lowest BCUT2D eigenvalue weighted by molar-refractivity contribution is 0.462. The van der Waals surface area contributed by atoms with Gasteiger partial charge in [0.15, 0.2) is 0 Å². The normalized spacial score (nSPS) is 10.4. The van der Waals surface area contributed by atoms with Gasteiger partial charge in [-0.15, -0.1) is 0 Å². The second kappa shape index (κ2) is 4.79. The van der Waals surface area contributed by atoms with Crippen LogP contribution in [0.2, 0.25) is 0 Å². The minimum Gasteiger partial charge on any atom is -0.439 e. The second-order valence-electron chi connectivity index (χ2n) is 4.00. The SMILES string of the molecule is CC(C)c1cccc(Oc2ccccn2)c1. The zero-order valence-corrected chi connectivity index (χ0v) is 9.55. The first-order valence-electron chi connectivity index (χ1n) is 5.44. The average molecular weight is 213 g/mol. The Morgan fingerprint density at radius 3 is 2.62 bits per heavy atom. The Hall–Kier alpha value is -1.83. The van der Waals surface area contributed by atoms with Crippen molar-refractivity contribution in [2.75, 3.05) is 0 Å². The molecule has 0 spiro atoms. The number of ether oxygens (including phenoxy) is 1. The standard InChI is InChI=1S/C14H15NO/c1-11(2)12-6-5-7-13(10-12)16-14-8-3-4-9-15-14/h3-11H,1-2H3. The highest BCUT2D eigenvalue weighted by atomic mass is 16.5. The molecule has 1 heterocycles. The minimum atomic E-state index is 0.507. The van der Waals surface area contributed by atoms with Crippen LogP contribution in [0.5, 0.6) is 11.6 Å². The van der Waals surface area contributed by atoms with Gasteiger partial charge < -0.3 is 4.74 Å². The first kappa shape index (κ1) is 10.7. The van der Waals surface area contributed by atoms with Crippen molar-refractivity contribution in [3.8, 4) is 11.6 Å². The summed E-state index contributed by atoms with van der Waals surface area (Å²) >= 11 is 0. The number of pyridine rings is 1. The molecule has 0 saturated carbocycles. The summed E-state index contributed by atoms with van der Waals surface area (Å²) in [4.78, 5) is 4.13. The van der Waals surface area contributed by atoms with E-state index in [1.165, 1.54) is 5.56 Å². The Morgan fingerprint density at radius 2 is 1.94 bits per heavy atom. The summed E-state index contributed by atoms with van der Waals surface area (Å²) in [5.41, 5.74) is 1.27. The van der Waals surface area contributed by atoms with Crippen molar-refractivity contribution in [1.82, 2.24) is 4.98 Å². The lowest BCUT2D eigenvalue weighted by atomic mass is 10.0. The molecular formula is C14H15NO. The second-order valence-corrected chi connectivity index (χ2v) is 4.00. The predicted octanol–water partition coefficient (Wildman–Crippen LogP) is 4.00. The highest BCUT2D eigenvalue weighted by Gasteiger charge is 2.02. The van der Waals surface area contributed by atoms with Gasteiger partial charge in [-0.05, 0) is 29.7 Å². The Morgan fingerprint density at radius 1 is 1.06 bits per heavy atom. The number of benzene rings is 1. The quantitative estimate of drug-likeness (QED) is 0.768. The van der Waals surface area contributed by atoms with Crippen molar-refractivity contribution in [2.45, 2.75) is 19.8 Å². The van der Waals surface area contributed by atoms with Gasteiger partial charge in [0.05, 0.1) is 0 Å². The zero-order chi connectivity index (χ0) is 11.4. The highest BCUT2D eigenvalue weighted by molar-refractivity contribution is 5.32. The highest BCUT2D eigenvalue weighted by Crippen LogP contribution is 2.23. The molecule has 2 rings (SSSR count). The maximum Gasteiger partial charge on any atom is 0.219 e. The van der Waals surface area contributed by atoms with Crippen LogP contribution in [-0.4, -0.2) is 4.98 Å². The van der Waals surface area contributed by atoms with Crippen LogP contribution in [0, 0.1) is 0 Å². The summed E-state index contributed by atoms with van der Waals surface area (Å²) in [6.07, 6.45) is 1.72. The molecule has 1 aromatic heterocycles. The van der Waals surface area contributed by atoms with Crippen LogP contribution in [0.4, 0.5) is 0 Å². The van der Waals surface area contributed by atoms with Gasteiger partial charge in [-0.1, -0.05) is 32.0 Å². The van der Waals surface area contributed by atoms with E-state index >= 15 is 0 Å². The third-order valence-corrected chi connectivity index (χ3v) is 2.38. The summed E-state index contributed by atoms with van der Waals surface area (Å²) in [5, 5.41) is 0. The lowest BCUT2D eigenvalue weighted by Gasteiger charge is -2.08. The molecular weight excluding hydrogens is 198 g/mol. The predicted molar refractivity (Wildman–Crippen MR) is 64.8 cm³/mol. The Labute approximate surface area is 95.9 Å². The van der Waals surface area contributed by atoms with E-state index in [9.17, 15) is 0 Å². The van der Waals surface area contributed by atoms with Crippen LogP contribution < -0.4 is 4.74 Å². The summed E-state index contributed by atoms with van der Waals surface area (Å²) in [5.74, 6) is 1.97. The Kier molecular flexibility index (Phi) is 3.20. The maximum atomic E-state index is 5.66. The summed E-state index contributed by atoms with van der Waals surface area (Å²) in [6, 6.07) is 13.7. The van der Waals surface area contributed by atoms with E-state index in [4.69, 9.17) is 4.74 Å². The fourth-order valence-electron chi connectivity index (χ4n) is 1.47. The molecule has 0 aliphatic carbocycles. The smallest absolute Gasteiger partial charge is 0.219 e. The van der Waals surface area contributed by atoms with Gasteiger partial charge in [-0.3, -0.25) is 0 Å².